The molecule has 31 heavy (non-hydrogen) atoms. The number of methoxy groups -OCH3 is 1. The van der Waals surface area contributed by atoms with Crippen molar-refractivity contribution in [2.45, 2.75) is 38.8 Å². The van der Waals surface area contributed by atoms with E-state index in [1.54, 1.807) is 31.4 Å². The quantitative estimate of drug-likeness (QED) is 0.503. The first-order chi connectivity index (χ1) is 14.7. The SMILES string of the molecule is C=CCN(CC=C)C(C(=O)Nc1ccc(C(C)(C)C)c(F)c1)c1ccc(COC)cc1. The Morgan fingerprint density at radius 2 is 1.74 bits per heavy atom. The number of halogens is 1. The van der Waals surface area contributed by atoms with Crippen molar-refractivity contribution in [3.05, 3.63) is 90.3 Å². The van der Waals surface area contributed by atoms with Crippen LogP contribution in [-0.2, 0) is 21.6 Å². The van der Waals surface area contributed by atoms with Gasteiger partial charge in [-0.3, -0.25) is 9.69 Å². The topological polar surface area (TPSA) is 41.6 Å². The van der Waals surface area contributed by atoms with Crippen LogP contribution in [-0.4, -0.2) is 31.0 Å². The van der Waals surface area contributed by atoms with Crippen LogP contribution in [0.3, 0.4) is 0 Å². The van der Waals surface area contributed by atoms with E-state index in [9.17, 15) is 9.18 Å². The fourth-order valence-corrected chi connectivity index (χ4v) is 3.52. The number of nitrogens with one attached hydrogen (secondary N) is 1. The molecule has 5 heteroatoms. The summed E-state index contributed by atoms with van der Waals surface area (Å²) in [5, 5.41) is 2.88. The van der Waals surface area contributed by atoms with Gasteiger partial charge in [0.15, 0.2) is 0 Å². The molecule has 1 N–H and O–H groups in total. The average Bonchev–Trinajstić information content (AvgIpc) is 2.69. The maximum absolute atomic E-state index is 14.6. The van der Waals surface area contributed by atoms with Gasteiger partial charge < -0.3 is 10.1 Å². The minimum Gasteiger partial charge on any atom is -0.380 e. The summed E-state index contributed by atoms with van der Waals surface area (Å²) in [5.74, 6) is -0.578. The second-order valence-corrected chi connectivity index (χ2v) is 8.54. The molecule has 0 spiro atoms. The molecule has 0 aliphatic rings. The largest absolute Gasteiger partial charge is 0.380 e. The van der Waals surface area contributed by atoms with E-state index in [1.165, 1.54) is 6.07 Å². The summed E-state index contributed by atoms with van der Waals surface area (Å²) in [6, 6.07) is 12.0. The van der Waals surface area contributed by atoms with E-state index in [0.29, 0.717) is 30.9 Å². The number of ether oxygens (including phenoxy) is 1. The van der Waals surface area contributed by atoms with Crippen molar-refractivity contribution in [3.63, 3.8) is 0 Å². The second kappa shape index (κ2) is 11.0. The summed E-state index contributed by atoms with van der Waals surface area (Å²) in [6.07, 6.45) is 3.50. The number of carbonyl (C=O) groups is 1. The van der Waals surface area contributed by atoms with Crippen molar-refractivity contribution in [2.24, 2.45) is 0 Å². The number of amides is 1. The van der Waals surface area contributed by atoms with Crippen LogP contribution in [0.1, 0.15) is 43.5 Å². The number of rotatable bonds is 10. The molecule has 2 rings (SSSR count). The van der Waals surface area contributed by atoms with E-state index in [0.717, 1.165) is 11.1 Å². The van der Waals surface area contributed by atoms with E-state index in [2.05, 4.69) is 18.5 Å². The van der Waals surface area contributed by atoms with Gasteiger partial charge in [-0.05, 0) is 34.2 Å². The molecule has 2 aromatic rings. The van der Waals surface area contributed by atoms with E-state index < -0.39 is 6.04 Å². The number of nitrogens with zero attached hydrogens (tertiary/aromatic N) is 1. The molecule has 0 aromatic heterocycles. The van der Waals surface area contributed by atoms with Gasteiger partial charge in [0.1, 0.15) is 11.9 Å². The highest BCUT2D eigenvalue weighted by Crippen LogP contribution is 2.28. The minimum absolute atomic E-state index is 0.244. The van der Waals surface area contributed by atoms with Crippen molar-refractivity contribution in [1.82, 2.24) is 4.90 Å². The molecule has 0 radical (unpaired) electrons. The molecule has 166 valence electrons. The Bertz CT molecular complexity index is 891. The summed E-state index contributed by atoms with van der Waals surface area (Å²) < 4.78 is 19.8. The standard InChI is InChI=1S/C26H33FN2O2/c1-7-15-29(16-8-2)24(20-11-9-19(10-12-20)18-31-6)25(30)28-21-13-14-22(23(27)17-21)26(3,4)5/h7-14,17,24H,1-2,15-16,18H2,3-6H3,(H,28,30). The third-order valence-electron chi connectivity index (χ3n) is 4.99. The normalized spacial score (nSPS) is 12.5. The zero-order valence-electron chi connectivity index (χ0n) is 19.0. The van der Waals surface area contributed by atoms with Crippen molar-refractivity contribution in [3.8, 4) is 0 Å². The first-order valence-corrected chi connectivity index (χ1v) is 10.4. The lowest BCUT2D eigenvalue weighted by atomic mass is 9.86. The van der Waals surface area contributed by atoms with Crippen molar-refractivity contribution < 1.29 is 13.9 Å². The van der Waals surface area contributed by atoms with Gasteiger partial charge in [-0.1, -0.05) is 63.3 Å². The molecule has 0 fully saturated rings. The van der Waals surface area contributed by atoms with Crippen LogP contribution >= 0.6 is 0 Å². The van der Waals surface area contributed by atoms with Gasteiger partial charge in [-0.15, -0.1) is 13.2 Å². The Balaban J connectivity index is 2.36. The number of carbonyl (C=O) groups excluding carboxylic acids is 1. The Labute approximate surface area is 185 Å². The van der Waals surface area contributed by atoms with Crippen LogP contribution in [0.5, 0.6) is 0 Å². The number of benzene rings is 2. The highest BCUT2D eigenvalue weighted by atomic mass is 19.1. The second-order valence-electron chi connectivity index (χ2n) is 8.54. The van der Waals surface area contributed by atoms with Gasteiger partial charge in [-0.25, -0.2) is 4.39 Å². The Hall–Kier alpha value is -2.76. The van der Waals surface area contributed by atoms with E-state index >= 15 is 0 Å². The highest BCUT2D eigenvalue weighted by Gasteiger charge is 2.27. The van der Waals surface area contributed by atoms with Crippen LogP contribution in [0.25, 0.3) is 0 Å². The molecular formula is C26H33FN2O2. The first-order valence-electron chi connectivity index (χ1n) is 10.4. The molecule has 1 amide bonds. The van der Waals surface area contributed by atoms with Crippen molar-refractivity contribution >= 4 is 11.6 Å². The lowest BCUT2D eigenvalue weighted by molar-refractivity contribution is -0.121. The third kappa shape index (κ3) is 6.61. The summed E-state index contributed by atoms with van der Waals surface area (Å²) in [4.78, 5) is 15.3. The van der Waals surface area contributed by atoms with E-state index in [1.807, 2.05) is 49.9 Å². The lowest BCUT2D eigenvalue weighted by Gasteiger charge is -2.29. The molecule has 0 aliphatic carbocycles. The first kappa shape index (κ1) is 24.5. The fraction of sp³-hybridized carbons (Fsp3) is 0.346. The summed E-state index contributed by atoms with van der Waals surface area (Å²) >= 11 is 0. The van der Waals surface area contributed by atoms with E-state index in [-0.39, 0.29) is 17.1 Å². The fourth-order valence-electron chi connectivity index (χ4n) is 3.52. The minimum atomic E-state index is -0.585. The number of anilines is 1. The Morgan fingerprint density at radius 1 is 1.13 bits per heavy atom. The highest BCUT2D eigenvalue weighted by molar-refractivity contribution is 5.95. The summed E-state index contributed by atoms with van der Waals surface area (Å²) in [5.41, 5.74) is 2.56. The van der Waals surface area contributed by atoms with Gasteiger partial charge in [0.05, 0.1) is 6.61 Å². The number of hydrogen-bond donors (Lipinski definition) is 1. The van der Waals surface area contributed by atoms with Gasteiger partial charge in [0.2, 0.25) is 5.91 Å². The predicted octanol–water partition coefficient (Wildman–Crippen LogP) is 5.62. The third-order valence-corrected chi connectivity index (χ3v) is 4.99. The van der Waals surface area contributed by atoms with Gasteiger partial charge in [0, 0.05) is 25.9 Å². The molecule has 0 aliphatic heterocycles. The van der Waals surface area contributed by atoms with Crippen LogP contribution in [0.15, 0.2) is 67.8 Å². The predicted molar refractivity (Wildman–Crippen MR) is 126 cm³/mol. The van der Waals surface area contributed by atoms with Crippen LogP contribution in [0.4, 0.5) is 10.1 Å². The van der Waals surface area contributed by atoms with Crippen molar-refractivity contribution in [1.29, 1.82) is 0 Å². The monoisotopic (exact) mass is 424 g/mol. The number of hydrogen-bond acceptors (Lipinski definition) is 3. The molecule has 1 atom stereocenters. The van der Waals surface area contributed by atoms with Crippen LogP contribution in [0.2, 0.25) is 0 Å². The molecule has 1 unspecified atom stereocenters. The average molecular weight is 425 g/mol. The molecule has 0 saturated carbocycles. The van der Waals surface area contributed by atoms with Gasteiger partial charge in [0.25, 0.3) is 0 Å². The maximum atomic E-state index is 14.6. The summed E-state index contributed by atoms with van der Waals surface area (Å²) in [7, 11) is 1.64. The smallest absolute Gasteiger partial charge is 0.246 e. The lowest BCUT2D eigenvalue weighted by Crippen LogP contribution is -2.37. The van der Waals surface area contributed by atoms with Crippen molar-refractivity contribution in [2.75, 3.05) is 25.5 Å². The maximum Gasteiger partial charge on any atom is 0.246 e. The summed E-state index contributed by atoms with van der Waals surface area (Å²) in [6.45, 7) is 15.0. The molecule has 0 saturated heterocycles. The Kier molecular flexibility index (Phi) is 8.72. The molecule has 2 aromatic carbocycles. The molecule has 4 nitrogen and oxygen atoms in total. The zero-order valence-corrected chi connectivity index (χ0v) is 19.0. The zero-order chi connectivity index (χ0) is 23.0. The van der Waals surface area contributed by atoms with Crippen LogP contribution < -0.4 is 5.32 Å². The Morgan fingerprint density at radius 3 is 2.23 bits per heavy atom. The molecule has 0 heterocycles. The molecule has 0 bridgehead atoms. The van der Waals surface area contributed by atoms with Gasteiger partial charge >= 0.3 is 0 Å². The van der Waals surface area contributed by atoms with E-state index in [4.69, 9.17) is 4.74 Å². The molecular weight excluding hydrogens is 391 g/mol. The van der Waals surface area contributed by atoms with Crippen LogP contribution in [0, 0.1) is 5.82 Å². The van der Waals surface area contributed by atoms with Gasteiger partial charge in [-0.2, -0.15) is 0 Å².